The molecule has 0 bridgehead atoms. The Morgan fingerprint density at radius 1 is 1.00 bits per heavy atom. The highest BCUT2D eigenvalue weighted by Gasteiger charge is 2.64. The Balaban J connectivity index is 1.63. The Morgan fingerprint density at radius 2 is 1.64 bits per heavy atom. The Bertz CT molecular complexity index is 849. The minimum absolute atomic E-state index is 0.0336. The minimum Gasteiger partial charge on any atom is -0.392 e. The van der Waals surface area contributed by atoms with Crippen LogP contribution in [0.5, 0.6) is 0 Å². The fraction of sp³-hybridized carbons (Fsp3) is 0.500. The lowest BCUT2D eigenvalue weighted by molar-refractivity contribution is -0.0747. The highest BCUT2D eigenvalue weighted by molar-refractivity contribution is 6.31. The third-order valence-electron chi connectivity index (χ3n) is 6.94. The average molecular weight is 401 g/mol. The maximum absolute atomic E-state index is 11.0. The van der Waals surface area contributed by atoms with E-state index in [0.717, 1.165) is 17.5 Å². The van der Waals surface area contributed by atoms with Gasteiger partial charge in [-0.1, -0.05) is 61.8 Å². The number of aliphatic hydroxyl groups excluding tert-OH is 3. The van der Waals surface area contributed by atoms with E-state index in [1.165, 1.54) is 11.1 Å². The first kappa shape index (κ1) is 19.9. The van der Waals surface area contributed by atoms with E-state index in [1.807, 2.05) is 25.1 Å². The topological polar surface area (TPSA) is 60.7 Å². The zero-order valence-electron chi connectivity index (χ0n) is 16.5. The van der Waals surface area contributed by atoms with Gasteiger partial charge in [-0.25, -0.2) is 0 Å². The Labute approximate surface area is 172 Å². The van der Waals surface area contributed by atoms with Crippen LogP contribution in [0.15, 0.2) is 42.5 Å². The maximum atomic E-state index is 11.0. The molecule has 0 saturated heterocycles. The van der Waals surface area contributed by atoms with E-state index < -0.39 is 29.6 Å². The summed E-state index contributed by atoms with van der Waals surface area (Å²) >= 11 is 6.47. The second-order valence-electron chi connectivity index (χ2n) is 8.79. The quantitative estimate of drug-likeness (QED) is 0.724. The van der Waals surface area contributed by atoms with Gasteiger partial charge in [0.25, 0.3) is 0 Å². The van der Waals surface area contributed by atoms with Crippen LogP contribution in [-0.4, -0.2) is 33.6 Å². The van der Waals surface area contributed by atoms with Crippen molar-refractivity contribution >= 4 is 11.6 Å². The van der Waals surface area contributed by atoms with Gasteiger partial charge in [0.05, 0.1) is 18.3 Å². The third kappa shape index (κ3) is 3.39. The lowest BCUT2D eigenvalue weighted by Crippen LogP contribution is -2.47. The van der Waals surface area contributed by atoms with Crippen LogP contribution >= 0.6 is 11.6 Å². The van der Waals surface area contributed by atoms with Gasteiger partial charge in [-0.15, -0.1) is 0 Å². The van der Waals surface area contributed by atoms with Crippen LogP contribution in [0.3, 0.4) is 0 Å². The zero-order chi connectivity index (χ0) is 20.1. The van der Waals surface area contributed by atoms with Crippen LogP contribution in [0.1, 0.15) is 54.9 Å². The summed E-state index contributed by atoms with van der Waals surface area (Å²) in [7, 11) is 0. The van der Waals surface area contributed by atoms with Gasteiger partial charge >= 0.3 is 0 Å². The van der Waals surface area contributed by atoms with Gasteiger partial charge in [0.2, 0.25) is 0 Å². The number of halogens is 1. The molecule has 150 valence electrons. The average Bonchev–Trinajstić information content (AvgIpc) is 3.33. The molecule has 0 heterocycles. The van der Waals surface area contributed by atoms with Gasteiger partial charge < -0.3 is 15.3 Å². The monoisotopic (exact) mass is 400 g/mol. The van der Waals surface area contributed by atoms with Crippen LogP contribution in [0.2, 0.25) is 5.02 Å². The first-order valence-corrected chi connectivity index (χ1v) is 10.6. The van der Waals surface area contributed by atoms with Gasteiger partial charge in [-0.2, -0.15) is 0 Å². The zero-order valence-corrected chi connectivity index (χ0v) is 17.2. The van der Waals surface area contributed by atoms with Crippen molar-refractivity contribution in [1.82, 2.24) is 0 Å². The molecule has 2 aliphatic rings. The SMILES string of the molecule is CCc1ccc(Cc2cc([C@H]3[C@H](O)[C@@H](C)C[C@]4(CC4O)[C@@H]3O)ccc2Cl)cc1. The standard InChI is InChI=1S/C24H29ClO3/c1-3-15-4-6-16(7-5-15)10-18-11-17(8-9-19(18)25)21-22(27)14(2)12-24(23(21)28)13-20(24)26/h4-9,11,14,20-23,26-28H,3,10,12-13H2,1-2H3/t14-,20?,21-,22+,23+,24+/m0/s1. The fourth-order valence-electron chi connectivity index (χ4n) is 5.01. The van der Waals surface area contributed by atoms with E-state index in [9.17, 15) is 15.3 Å². The van der Waals surface area contributed by atoms with Crippen molar-refractivity contribution in [2.45, 2.75) is 63.8 Å². The summed E-state index contributed by atoms with van der Waals surface area (Å²) in [6, 6.07) is 14.3. The van der Waals surface area contributed by atoms with Gasteiger partial charge in [-0.05, 0) is 59.9 Å². The van der Waals surface area contributed by atoms with Crippen molar-refractivity contribution in [2.75, 3.05) is 0 Å². The normalized spacial score (nSPS) is 34.6. The molecule has 4 rings (SSSR count). The maximum Gasteiger partial charge on any atom is 0.0715 e. The van der Waals surface area contributed by atoms with Gasteiger partial charge in [0.15, 0.2) is 0 Å². The van der Waals surface area contributed by atoms with Gasteiger partial charge in [0.1, 0.15) is 0 Å². The number of rotatable bonds is 4. The molecule has 2 fully saturated rings. The van der Waals surface area contributed by atoms with Crippen molar-refractivity contribution < 1.29 is 15.3 Å². The Hall–Kier alpha value is -1.39. The molecule has 0 amide bonds. The second-order valence-corrected chi connectivity index (χ2v) is 9.20. The van der Waals surface area contributed by atoms with Crippen molar-refractivity contribution in [1.29, 1.82) is 0 Å². The summed E-state index contributed by atoms with van der Waals surface area (Å²) < 4.78 is 0. The van der Waals surface area contributed by atoms with E-state index in [1.54, 1.807) is 0 Å². The number of hydrogen-bond acceptors (Lipinski definition) is 3. The molecule has 4 heteroatoms. The van der Waals surface area contributed by atoms with Crippen LogP contribution in [0, 0.1) is 11.3 Å². The van der Waals surface area contributed by atoms with E-state index in [4.69, 9.17) is 11.6 Å². The number of aryl methyl sites for hydroxylation is 1. The fourth-order valence-corrected chi connectivity index (χ4v) is 5.19. The smallest absolute Gasteiger partial charge is 0.0715 e. The molecule has 0 aliphatic heterocycles. The highest BCUT2D eigenvalue weighted by Crippen LogP contribution is 2.61. The molecule has 28 heavy (non-hydrogen) atoms. The van der Waals surface area contributed by atoms with Crippen LogP contribution in [-0.2, 0) is 12.8 Å². The summed E-state index contributed by atoms with van der Waals surface area (Å²) in [4.78, 5) is 0. The highest BCUT2D eigenvalue weighted by atomic mass is 35.5. The summed E-state index contributed by atoms with van der Waals surface area (Å²) in [6.45, 7) is 4.14. The molecule has 2 aliphatic carbocycles. The third-order valence-corrected chi connectivity index (χ3v) is 7.31. The minimum atomic E-state index is -0.744. The molecule has 2 aromatic rings. The molecule has 2 aromatic carbocycles. The molecule has 6 atom stereocenters. The Morgan fingerprint density at radius 3 is 2.25 bits per heavy atom. The van der Waals surface area contributed by atoms with Crippen molar-refractivity contribution in [3.8, 4) is 0 Å². The summed E-state index contributed by atoms with van der Waals surface area (Å²) in [5, 5.41) is 32.7. The predicted octanol–water partition coefficient (Wildman–Crippen LogP) is 4.09. The van der Waals surface area contributed by atoms with Crippen LogP contribution in [0.4, 0.5) is 0 Å². The molecule has 3 nitrogen and oxygen atoms in total. The molecular formula is C24H29ClO3. The van der Waals surface area contributed by atoms with Gasteiger partial charge in [-0.3, -0.25) is 0 Å². The largest absolute Gasteiger partial charge is 0.392 e. The molecule has 1 spiro atoms. The lowest BCUT2D eigenvalue weighted by Gasteiger charge is -2.43. The molecular weight excluding hydrogens is 372 g/mol. The summed E-state index contributed by atoms with van der Waals surface area (Å²) in [5.41, 5.74) is 3.92. The molecule has 0 radical (unpaired) electrons. The van der Waals surface area contributed by atoms with E-state index >= 15 is 0 Å². The van der Waals surface area contributed by atoms with E-state index in [-0.39, 0.29) is 5.92 Å². The Kier molecular flexibility index (Phi) is 5.30. The van der Waals surface area contributed by atoms with Gasteiger partial charge in [0, 0.05) is 16.4 Å². The molecule has 3 N–H and O–H groups in total. The van der Waals surface area contributed by atoms with Crippen molar-refractivity contribution in [3.63, 3.8) is 0 Å². The van der Waals surface area contributed by atoms with Crippen LogP contribution in [0.25, 0.3) is 0 Å². The predicted molar refractivity (Wildman–Crippen MR) is 112 cm³/mol. The molecule has 1 unspecified atom stereocenters. The molecule has 0 aromatic heterocycles. The van der Waals surface area contributed by atoms with E-state index in [0.29, 0.717) is 24.3 Å². The van der Waals surface area contributed by atoms with Crippen molar-refractivity contribution in [2.24, 2.45) is 11.3 Å². The second kappa shape index (κ2) is 7.46. The number of aliphatic hydroxyl groups is 3. The lowest BCUT2D eigenvalue weighted by atomic mass is 9.67. The first-order chi connectivity index (χ1) is 13.4. The molecule has 2 saturated carbocycles. The summed E-state index contributed by atoms with van der Waals surface area (Å²) in [5.74, 6) is -0.370. The number of hydrogen-bond donors (Lipinski definition) is 3. The van der Waals surface area contributed by atoms with Crippen molar-refractivity contribution in [3.05, 3.63) is 69.7 Å². The summed E-state index contributed by atoms with van der Waals surface area (Å²) in [6.07, 6.45) is 1.16. The van der Waals surface area contributed by atoms with Crippen LogP contribution < -0.4 is 0 Å². The number of benzene rings is 2. The first-order valence-electron chi connectivity index (χ1n) is 10.3. The van der Waals surface area contributed by atoms with E-state index in [2.05, 4.69) is 31.2 Å².